The van der Waals surface area contributed by atoms with Crippen molar-refractivity contribution in [3.63, 3.8) is 0 Å². The van der Waals surface area contributed by atoms with Gasteiger partial charge in [-0.3, -0.25) is 0 Å². The zero-order valence-electron chi connectivity index (χ0n) is 11.8. The first-order valence-electron chi connectivity index (χ1n) is 6.94. The number of aliphatic hydroxyl groups is 1. The van der Waals surface area contributed by atoms with E-state index in [1.807, 2.05) is 12.1 Å². The zero-order valence-corrected chi connectivity index (χ0v) is 11.8. The van der Waals surface area contributed by atoms with Gasteiger partial charge in [-0.05, 0) is 49.5 Å². The summed E-state index contributed by atoms with van der Waals surface area (Å²) in [5.41, 5.74) is 0.875. The van der Waals surface area contributed by atoms with Crippen LogP contribution >= 0.6 is 0 Å². The molecule has 2 rings (SSSR count). The average molecular weight is 264 g/mol. The molecule has 0 aromatic heterocycles. The molecule has 0 unspecified atom stereocenters. The van der Waals surface area contributed by atoms with E-state index in [0.29, 0.717) is 0 Å². The van der Waals surface area contributed by atoms with Crippen LogP contribution in [0.1, 0.15) is 32.3 Å². The van der Waals surface area contributed by atoms with Crippen molar-refractivity contribution in [3.8, 4) is 0 Å². The van der Waals surface area contributed by atoms with Crippen LogP contribution < -0.4 is 0 Å². The first-order valence-corrected chi connectivity index (χ1v) is 6.94. The predicted octanol–water partition coefficient (Wildman–Crippen LogP) is 2.77. The Labute approximate surface area is 115 Å². The molecule has 0 amide bonds. The van der Waals surface area contributed by atoms with Gasteiger partial charge in [0.05, 0.1) is 6.61 Å². The molecule has 1 N–H and O–H groups in total. The van der Waals surface area contributed by atoms with Crippen LogP contribution in [0, 0.1) is 11.7 Å². The van der Waals surface area contributed by atoms with E-state index >= 15 is 0 Å². The minimum absolute atomic E-state index is 0.140. The van der Waals surface area contributed by atoms with E-state index in [2.05, 4.69) is 18.7 Å². The third kappa shape index (κ3) is 3.34. The molecule has 0 spiro atoms. The van der Waals surface area contributed by atoms with Gasteiger partial charge in [-0.25, -0.2) is 4.39 Å². The molecule has 105 valence electrons. The Kier molecular flexibility index (Phi) is 4.58. The highest BCUT2D eigenvalue weighted by Crippen LogP contribution is 2.35. The summed E-state index contributed by atoms with van der Waals surface area (Å²) in [7, 11) is 0. The fourth-order valence-electron chi connectivity index (χ4n) is 2.93. The number of hydrogen-bond acceptors (Lipinski definition) is 2. The standard InChI is InChI=1S/C16H23FNO/c1-13(2)11-18-9-7-16(12-19,8-10-18)14-3-5-15(17)6-4-14/h3-6,19H,7-12H2,1-2H3. The van der Waals surface area contributed by atoms with Crippen molar-refractivity contribution in [3.05, 3.63) is 41.6 Å². The highest BCUT2D eigenvalue weighted by atomic mass is 19.1. The smallest absolute Gasteiger partial charge is 0.123 e. The van der Waals surface area contributed by atoms with Crippen LogP contribution in [0.25, 0.3) is 0 Å². The van der Waals surface area contributed by atoms with Crippen molar-refractivity contribution in [2.75, 3.05) is 26.2 Å². The van der Waals surface area contributed by atoms with E-state index in [9.17, 15) is 9.50 Å². The highest BCUT2D eigenvalue weighted by molar-refractivity contribution is 5.27. The molecule has 1 radical (unpaired) electrons. The second kappa shape index (κ2) is 6.02. The van der Waals surface area contributed by atoms with E-state index in [1.54, 1.807) is 0 Å². The van der Waals surface area contributed by atoms with E-state index in [0.717, 1.165) is 38.0 Å². The molecule has 0 atom stereocenters. The minimum atomic E-state index is -0.217. The van der Waals surface area contributed by atoms with E-state index < -0.39 is 0 Å². The summed E-state index contributed by atoms with van der Waals surface area (Å²) >= 11 is 0. The topological polar surface area (TPSA) is 23.5 Å². The fourth-order valence-corrected chi connectivity index (χ4v) is 2.93. The second-order valence-electron chi connectivity index (χ2n) is 5.93. The number of halogens is 1. The zero-order chi connectivity index (χ0) is 13.9. The molecule has 3 heteroatoms. The Balaban J connectivity index is 2.07. The maximum absolute atomic E-state index is 13.0. The average Bonchev–Trinajstić information content (AvgIpc) is 2.40. The van der Waals surface area contributed by atoms with Crippen LogP contribution in [0.2, 0.25) is 0 Å². The Morgan fingerprint density at radius 2 is 1.79 bits per heavy atom. The highest BCUT2D eigenvalue weighted by Gasteiger charge is 2.35. The van der Waals surface area contributed by atoms with Crippen LogP contribution in [0.15, 0.2) is 24.3 Å². The lowest BCUT2D eigenvalue weighted by Crippen LogP contribution is -2.45. The number of piperidine rings is 1. The summed E-state index contributed by atoms with van der Waals surface area (Å²) in [6, 6.07) is 6.61. The molecule has 0 aliphatic carbocycles. The normalized spacial score (nSPS) is 19.8. The summed E-state index contributed by atoms with van der Waals surface area (Å²) in [6.07, 6.45) is 1.87. The van der Waals surface area contributed by atoms with Crippen LogP contribution in [-0.2, 0) is 5.41 Å². The minimum Gasteiger partial charge on any atom is -0.395 e. The van der Waals surface area contributed by atoms with Crippen molar-refractivity contribution in [2.45, 2.75) is 32.1 Å². The quantitative estimate of drug-likeness (QED) is 0.904. The number of likely N-dealkylation sites (tertiary alicyclic amines) is 1. The first kappa shape index (κ1) is 14.5. The van der Waals surface area contributed by atoms with Crippen molar-refractivity contribution < 1.29 is 9.50 Å². The van der Waals surface area contributed by atoms with Crippen LogP contribution in [0.5, 0.6) is 0 Å². The van der Waals surface area contributed by atoms with E-state index in [-0.39, 0.29) is 17.8 Å². The molecule has 1 aromatic carbocycles. The lowest BCUT2D eigenvalue weighted by Gasteiger charge is -2.41. The summed E-state index contributed by atoms with van der Waals surface area (Å²) in [4.78, 5) is 2.42. The summed E-state index contributed by atoms with van der Waals surface area (Å²) in [5.74, 6) is 1.20. The van der Waals surface area contributed by atoms with E-state index in [1.165, 1.54) is 18.1 Å². The van der Waals surface area contributed by atoms with Gasteiger partial charge in [0.1, 0.15) is 5.82 Å². The molecule has 1 aliphatic heterocycles. The third-order valence-corrected chi connectivity index (χ3v) is 4.11. The molecule has 1 aliphatic rings. The number of rotatable bonds is 4. The van der Waals surface area contributed by atoms with E-state index in [4.69, 9.17) is 0 Å². The monoisotopic (exact) mass is 264 g/mol. The molecule has 0 bridgehead atoms. The molecular weight excluding hydrogens is 241 g/mol. The second-order valence-corrected chi connectivity index (χ2v) is 5.93. The van der Waals surface area contributed by atoms with Gasteiger partial charge >= 0.3 is 0 Å². The van der Waals surface area contributed by atoms with Gasteiger partial charge in [-0.1, -0.05) is 26.0 Å². The maximum atomic E-state index is 13.0. The van der Waals surface area contributed by atoms with Crippen molar-refractivity contribution in [2.24, 2.45) is 0 Å². The number of benzene rings is 1. The molecular formula is C16H23FNO. The molecule has 1 fully saturated rings. The fraction of sp³-hybridized carbons (Fsp3) is 0.562. The predicted molar refractivity (Wildman–Crippen MR) is 75.4 cm³/mol. The van der Waals surface area contributed by atoms with Crippen LogP contribution in [0.3, 0.4) is 0 Å². The lowest BCUT2D eigenvalue weighted by atomic mass is 9.73. The van der Waals surface area contributed by atoms with Crippen LogP contribution in [0.4, 0.5) is 4.39 Å². The third-order valence-electron chi connectivity index (χ3n) is 4.11. The molecule has 1 heterocycles. The summed E-state index contributed by atoms with van der Waals surface area (Å²) in [6.45, 7) is 7.44. The van der Waals surface area contributed by atoms with Crippen molar-refractivity contribution >= 4 is 0 Å². The van der Waals surface area contributed by atoms with Crippen molar-refractivity contribution in [1.29, 1.82) is 0 Å². The van der Waals surface area contributed by atoms with Gasteiger partial charge in [-0.15, -0.1) is 0 Å². The number of aliphatic hydroxyl groups excluding tert-OH is 1. The number of hydrogen-bond donors (Lipinski definition) is 1. The van der Waals surface area contributed by atoms with Gasteiger partial charge in [0, 0.05) is 12.0 Å². The Bertz CT molecular complexity index is 394. The van der Waals surface area contributed by atoms with Gasteiger partial charge < -0.3 is 10.0 Å². The van der Waals surface area contributed by atoms with Gasteiger partial charge in [0.2, 0.25) is 0 Å². The molecule has 1 saturated heterocycles. The Hall–Kier alpha value is -0.930. The summed E-state index contributed by atoms with van der Waals surface area (Å²) < 4.78 is 13.0. The van der Waals surface area contributed by atoms with Gasteiger partial charge in [-0.2, -0.15) is 0 Å². The van der Waals surface area contributed by atoms with Crippen LogP contribution in [-0.4, -0.2) is 36.2 Å². The summed E-state index contributed by atoms with van der Waals surface area (Å²) in [5, 5.41) is 9.81. The molecule has 2 nitrogen and oxygen atoms in total. The molecule has 19 heavy (non-hydrogen) atoms. The molecule has 1 aromatic rings. The van der Waals surface area contributed by atoms with Crippen molar-refractivity contribution in [1.82, 2.24) is 4.90 Å². The molecule has 0 saturated carbocycles. The van der Waals surface area contributed by atoms with Gasteiger partial charge in [0.25, 0.3) is 0 Å². The SMILES string of the molecule is C[C](C)CN1CCC(CO)(c2ccc(F)cc2)CC1. The Morgan fingerprint density at radius 3 is 2.26 bits per heavy atom. The maximum Gasteiger partial charge on any atom is 0.123 e. The number of nitrogens with zero attached hydrogens (tertiary/aromatic N) is 1. The first-order chi connectivity index (χ1) is 9.05. The Morgan fingerprint density at radius 1 is 1.21 bits per heavy atom. The lowest BCUT2D eigenvalue weighted by molar-refractivity contribution is 0.104. The largest absolute Gasteiger partial charge is 0.395 e. The van der Waals surface area contributed by atoms with Gasteiger partial charge in [0.15, 0.2) is 0 Å².